The van der Waals surface area contributed by atoms with Crippen molar-refractivity contribution >= 4 is 0 Å². The van der Waals surface area contributed by atoms with Crippen molar-refractivity contribution in [2.24, 2.45) is 5.41 Å². The van der Waals surface area contributed by atoms with Crippen LogP contribution in [0.1, 0.15) is 19.4 Å². The predicted molar refractivity (Wildman–Crippen MR) is 75.0 cm³/mol. The average Bonchev–Trinajstić information content (AvgIpc) is 2.36. The van der Waals surface area contributed by atoms with Crippen molar-refractivity contribution in [3.8, 4) is 5.75 Å². The van der Waals surface area contributed by atoms with Crippen molar-refractivity contribution < 1.29 is 14.2 Å². The number of hydrogen-bond acceptors (Lipinski definition) is 3. The number of aliphatic hydroxyl groups is 1. The molecule has 3 nitrogen and oxygen atoms in total. The second-order valence-corrected chi connectivity index (χ2v) is 5.77. The molecule has 108 valence electrons. The van der Waals surface area contributed by atoms with Crippen LogP contribution in [0.15, 0.2) is 18.2 Å². The predicted octanol–water partition coefficient (Wildman–Crippen LogP) is 2.33. The van der Waals surface area contributed by atoms with Crippen LogP contribution in [0.25, 0.3) is 0 Å². The molecule has 0 heterocycles. The highest BCUT2D eigenvalue weighted by Crippen LogP contribution is 2.21. The van der Waals surface area contributed by atoms with E-state index in [1.807, 2.05) is 20.9 Å². The summed E-state index contributed by atoms with van der Waals surface area (Å²) in [7, 11) is 3.60. The number of hydrogen-bond donors (Lipinski definition) is 1. The van der Waals surface area contributed by atoms with E-state index in [2.05, 4.69) is 4.90 Å². The van der Waals surface area contributed by atoms with Gasteiger partial charge in [0.05, 0.1) is 7.11 Å². The molecule has 0 spiro atoms. The molecule has 1 rings (SSSR count). The smallest absolute Gasteiger partial charge is 0.123 e. The lowest BCUT2D eigenvalue weighted by atomic mass is 9.94. The van der Waals surface area contributed by atoms with Gasteiger partial charge in [-0.3, -0.25) is 0 Å². The van der Waals surface area contributed by atoms with Crippen LogP contribution in [-0.2, 0) is 6.42 Å². The molecule has 0 saturated carbocycles. The lowest BCUT2D eigenvalue weighted by Gasteiger charge is -2.28. The number of likely N-dealkylation sites (N-methyl/N-ethyl adjacent to an activating group) is 1. The topological polar surface area (TPSA) is 32.7 Å². The van der Waals surface area contributed by atoms with Crippen molar-refractivity contribution in [3.63, 3.8) is 0 Å². The van der Waals surface area contributed by atoms with Gasteiger partial charge in [-0.25, -0.2) is 4.39 Å². The van der Waals surface area contributed by atoms with Gasteiger partial charge in [0.1, 0.15) is 11.6 Å². The van der Waals surface area contributed by atoms with Crippen LogP contribution < -0.4 is 4.74 Å². The summed E-state index contributed by atoms with van der Waals surface area (Å²) in [4.78, 5) is 2.14. The lowest BCUT2D eigenvalue weighted by Crippen LogP contribution is -2.35. The lowest BCUT2D eigenvalue weighted by molar-refractivity contribution is 0.116. The number of ether oxygens (including phenoxy) is 1. The molecule has 1 N–H and O–H groups in total. The second kappa shape index (κ2) is 6.87. The maximum atomic E-state index is 13.2. The number of aliphatic hydroxyl groups excluding tert-OH is 1. The first-order valence-corrected chi connectivity index (χ1v) is 6.50. The van der Waals surface area contributed by atoms with Gasteiger partial charge in [-0.1, -0.05) is 13.8 Å². The van der Waals surface area contributed by atoms with Crippen molar-refractivity contribution in [2.45, 2.75) is 20.3 Å². The molecular weight excluding hydrogens is 245 g/mol. The third-order valence-corrected chi connectivity index (χ3v) is 3.13. The van der Waals surface area contributed by atoms with E-state index in [1.165, 1.54) is 12.1 Å². The third kappa shape index (κ3) is 5.17. The van der Waals surface area contributed by atoms with E-state index in [-0.39, 0.29) is 17.8 Å². The summed E-state index contributed by atoms with van der Waals surface area (Å²) in [5.41, 5.74) is 0.747. The van der Waals surface area contributed by atoms with E-state index in [0.717, 1.165) is 30.8 Å². The fourth-order valence-electron chi connectivity index (χ4n) is 2.11. The van der Waals surface area contributed by atoms with Gasteiger partial charge < -0.3 is 14.7 Å². The highest BCUT2D eigenvalue weighted by molar-refractivity contribution is 5.34. The Labute approximate surface area is 115 Å². The fourth-order valence-corrected chi connectivity index (χ4v) is 2.11. The molecule has 4 heteroatoms. The normalized spacial score (nSPS) is 11.9. The van der Waals surface area contributed by atoms with Crippen molar-refractivity contribution in [1.82, 2.24) is 4.90 Å². The molecule has 0 aliphatic carbocycles. The van der Waals surface area contributed by atoms with Crippen LogP contribution in [0.5, 0.6) is 5.75 Å². The van der Waals surface area contributed by atoms with Gasteiger partial charge >= 0.3 is 0 Å². The van der Waals surface area contributed by atoms with Crippen LogP contribution in [0.4, 0.5) is 4.39 Å². The number of rotatable bonds is 7. The first kappa shape index (κ1) is 15.9. The summed E-state index contributed by atoms with van der Waals surface area (Å²) >= 11 is 0. The molecule has 19 heavy (non-hydrogen) atoms. The highest BCUT2D eigenvalue weighted by atomic mass is 19.1. The van der Waals surface area contributed by atoms with Crippen LogP contribution >= 0.6 is 0 Å². The van der Waals surface area contributed by atoms with Crippen LogP contribution in [0, 0.1) is 11.2 Å². The Morgan fingerprint density at radius 3 is 2.63 bits per heavy atom. The molecule has 0 fully saturated rings. The SMILES string of the molecule is COc1ccc(F)cc1CCN(C)CC(C)(C)CO. The minimum Gasteiger partial charge on any atom is -0.496 e. The van der Waals surface area contributed by atoms with Gasteiger partial charge in [-0.2, -0.15) is 0 Å². The monoisotopic (exact) mass is 269 g/mol. The molecule has 0 bridgehead atoms. The molecule has 0 saturated heterocycles. The number of halogens is 1. The molecule has 0 amide bonds. The molecular formula is C15H24FNO2. The molecule has 0 radical (unpaired) electrons. The molecule has 1 aromatic carbocycles. The number of benzene rings is 1. The first-order chi connectivity index (χ1) is 8.88. The van der Waals surface area contributed by atoms with E-state index >= 15 is 0 Å². The minimum absolute atomic E-state index is 0.124. The first-order valence-electron chi connectivity index (χ1n) is 6.50. The Balaban J connectivity index is 2.59. The highest BCUT2D eigenvalue weighted by Gasteiger charge is 2.18. The zero-order chi connectivity index (χ0) is 14.5. The maximum absolute atomic E-state index is 13.2. The molecule has 0 unspecified atom stereocenters. The van der Waals surface area contributed by atoms with E-state index in [1.54, 1.807) is 13.2 Å². The van der Waals surface area contributed by atoms with E-state index in [4.69, 9.17) is 4.74 Å². The van der Waals surface area contributed by atoms with Gasteiger partial charge in [-0.15, -0.1) is 0 Å². The number of nitrogens with zero attached hydrogens (tertiary/aromatic N) is 1. The minimum atomic E-state index is -0.242. The van der Waals surface area contributed by atoms with E-state index in [9.17, 15) is 9.50 Å². The van der Waals surface area contributed by atoms with Gasteiger partial charge in [0.2, 0.25) is 0 Å². The largest absolute Gasteiger partial charge is 0.496 e. The van der Waals surface area contributed by atoms with Crippen molar-refractivity contribution in [2.75, 3.05) is 33.9 Å². The zero-order valence-corrected chi connectivity index (χ0v) is 12.2. The van der Waals surface area contributed by atoms with E-state index in [0.29, 0.717) is 0 Å². The van der Waals surface area contributed by atoms with Gasteiger partial charge in [-0.05, 0) is 37.2 Å². The Morgan fingerprint density at radius 2 is 2.05 bits per heavy atom. The Hall–Kier alpha value is -1.13. The Kier molecular flexibility index (Phi) is 5.76. The van der Waals surface area contributed by atoms with Gasteiger partial charge in [0.25, 0.3) is 0 Å². The summed E-state index contributed by atoms with van der Waals surface area (Å²) in [6, 6.07) is 4.58. The Morgan fingerprint density at radius 1 is 1.37 bits per heavy atom. The van der Waals surface area contributed by atoms with Crippen LogP contribution in [0.3, 0.4) is 0 Å². The summed E-state index contributed by atoms with van der Waals surface area (Å²) < 4.78 is 18.5. The van der Waals surface area contributed by atoms with Crippen LogP contribution in [-0.4, -0.2) is 43.9 Å². The summed E-state index contributed by atoms with van der Waals surface area (Å²) in [5, 5.41) is 9.25. The third-order valence-electron chi connectivity index (χ3n) is 3.13. The van der Waals surface area contributed by atoms with Crippen molar-refractivity contribution in [1.29, 1.82) is 0 Å². The standard InChI is InChI=1S/C15H24FNO2/c1-15(2,11-18)10-17(3)8-7-12-9-13(16)5-6-14(12)19-4/h5-6,9,18H,7-8,10-11H2,1-4H3. The average molecular weight is 269 g/mol. The summed E-state index contributed by atoms with van der Waals surface area (Å²) in [6.07, 6.45) is 0.721. The summed E-state index contributed by atoms with van der Waals surface area (Å²) in [6.45, 7) is 5.78. The molecule has 0 aromatic heterocycles. The quantitative estimate of drug-likeness (QED) is 0.824. The van der Waals surface area contributed by atoms with E-state index < -0.39 is 0 Å². The summed E-state index contributed by atoms with van der Waals surface area (Å²) in [5.74, 6) is 0.477. The molecule has 0 aliphatic heterocycles. The van der Waals surface area contributed by atoms with Gasteiger partial charge in [0, 0.05) is 25.1 Å². The zero-order valence-electron chi connectivity index (χ0n) is 12.2. The van der Waals surface area contributed by atoms with Crippen LogP contribution in [0.2, 0.25) is 0 Å². The Bertz CT molecular complexity index is 407. The van der Waals surface area contributed by atoms with Gasteiger partial charge in [0.15, 0.2) is 0 Å². The molecule has 0 aliphatic rings. The maximum Gasteiger partial charge on any atom is 0.123 e. The fraction of sp³-hybridized carbons (Fsp3) is 0.600. The number of methoxy groups -OCH3 is 1. The second-order valence-electron chi connectivity index (χ2n) is 5.77. The molecule has 0 atom stereocenters. The molecule has 1 aromatic rings. The van der Waals surface area contributed by atoms with Crippen molar-refractivity contribution in [3.05, 3.63) is 29.6 Å².